The van der Waals surface area contributed by atoms with Crippen molar-refractivity contribution in [3.8, 4) is 0 Å². The number of carboxylic acid groups (broad SMARTS) is 1. The van der Waals surface area contributed by atoms with Crippen LogP contribution in [0, 0.1) is 12.8 Å². The molecule has 0 bridgehead atoms. The van der Waals surface area contributed by atoms with Crippen molar-refractivity contribution in [3.05, 3.63) is 64.7 Å². The molecule has 0 aromatic heterocycles. The van der Waals surface area contributed by atoms with E-state index in [2.05, 4.69) is 6.92 Å². The highest BCUT2D eigenvalue weighted by Gasteiger charge is 2.45. The predicted octanol–water partition coefficient (Wildman–Crippen LogP) is 5.00. The topological polar surface area (TPSA) is 74.7 Å². The summed E-state index contributed by atoms with van der Waals surface area (Å²) in [5.41, 5.74) is 1.46. The van der Waals surface area contributed by atoms with Gasteiger partial charge < -0.3 is 5.11 Å². The number of aryl methyl sites for hydroxylation is 1. The van der Waals surface area contributed by atoms with Gasteiger partial charge in [-0.2, -0.15) is 16.1 Å². The van der Waals surface area contributed by atoms with Crippen LogP contribution >= 0.6 is 23.4 Å². The van der Waals surface area contributed by atoms with Gasteiger partial charge in [0.2, 0.25) is 10.0 Å². The molecule has 1 N–H and O–H groups in total. The molecule has 0 spiro atoms. The second kappa shape index (κ2) is 9.73. The molecule has 0 amide bonds. The molecule has 0 radical (unpaired) electrons. The third kappa shape index (κ3) is 4.85. The molecule has 0 unspecified atom stereocenters. The van der Waals surface area contributed by atoms with Crippen LogP contribution in [0.1, 0.15) is 36.9 Å². The first-order valence-corrected chi connectivity index (χ1v) is 12.8. The largest absolute Gasteiger partial charge is 0.481 e. The number of hydrogen-bond donors (Lipinski definition) is 1. The number of piperidine rings is 1. The fourth-order valence-electron chi connectivity index (χ4n) is 3.86. The molecule has 3 atom stereocenters. The SMILES string of the molecule is CCCS[C@@H]1C[C@@H](c2ccc(Cl)cc2)N(S(=O)(=O)c2ccccc2C)C[C@H]1C(=O)O. The van der Waals surface area contributed by atoms with Gasteiger partial charge >= 0.3 is 5.97 Å². The van der Waals surface area contributed by atoms with Gasteiger partial charge in [0.15, 0.2) is 0 Å². The van der Waals surface area contributed by atoms with Crippen LogP contribution in [-0.2, 0) is 14.8 Å². The monoisotopic (exact) mass is 467 g/mol. The minimum Gasteiger partial charge on any atom is -0.481 e. The Hall–Kier alpha value is -1.54. The van der Waals surface area contributed by atoms with Crippen LogP contribution in [0.25, 0.3) is 0 Å². The lowest BCUT2D eigenvalue weighted by atomic mass is 9.90. The zero-order valence-corrected chi connectivity index (χ0v) is 19.4. The minimum atomic E-state index is -3.88. The van der Waals surface area contributed by atoms with Gasteiger partial charge in [-0.25, -0.2) is 8.42 Å². The molecule has 0 saturated carbocycles. The van der Waals surface area contributed by atoms with E-state index >= 15 is 0 Å². The molecule has 2 aromatic carbocycles. The first-order valence-electron chi connectivity index (χ1n) is 9.93. The van der Waals surface area contributed by atoms with Crippen molar-refractivity contribution in [2.75, 3.05) is 12.3 Å². The Morgan fingerprint density at radius 3 is 2.47 bits per heavy atom. The van der Waals surface area contributed by atoms with Gasteiger partial charge in [-0.1, -0.05) is 48.9 Å². The average molecular weight is 468 g/mol. The van der Waals surface area contributed by atoms with Crippen molar-refractivity contribution in [3.63, 3.8) is 0 Å². The second-order valence-corrected chi connectivity index (χ2v) is 11.1. The summed E-state index contributed by atoms with van der Waals surface area (Å²) in [6.45, 7) is 3.75. The van der Waals surface area contributed by atoms with Crippen LogP contribution in [-0.4, -0.2) is 41.3 Å². The summed E-state index contributed by atoms with van der Waals surface area (Å²) in [4.78, 5) is 12.3. The summed E-state index contributed by atoms with van der Waals surface area (Å²) < 4.78 is 28.7. The molecule has 1 heterocycles. The molecule has 8 heteroatoms. The summed E-state index contributed by atoms with van der Waals surface area (Å²) in [6.07, 6.45) is 1.37. The standard InChI is InChI=1S/C22H26ClNO4S2/c1-3-12-29-20-13-19(16-8-10-17(23)11-9-16)24(14-18(20)22(25)26)30(27,28)21-7-5-4-6-15(21)2/h4-11,18-20H,3,12-14H2,1-2H3,(H,25,26)/t18-,19+,20-/m1/s1. The first kappa shape index (κ1) is 23.1. The molecule has 1 saturated heterocycles. The summed E-state index contributed by atoms with van der Waals surface area (Å²) >= 11 is 7.66. The third-order valence-corrected chi connectivity index (χ3v) is 9.30. The number of aliphatic carboxylic acids is 1. The first-order chi connectivity index (χ1) is 14.3. The van der Waals surface area contributed by atoms with Crippen molar-refractivity contribution >= 4 is 39.4 Å². The summed E-state index contributed by atoms with van der Waals surface area (Å²) in [6, 6.07) is 13.5. The van der Waals surface area contributed by atoms with Gasteiger partial charge in [0.1, 0.15) is 0 Å². The Morgan fingerprint density at radius 1 is 1.20 bits per heavy atom. The van der Waals surface area contributed by atoms with Gasteiger partial charge in [-0.15, -0.1) is 0 Å². The highest BCUT2D eigenvalue weighted by molar-refractivity contribution is 7.99. The predicted molar refractivity (Wildman–Crippen MR) is 122 cm³/mol. The van der Waals surface area contributed by atoms with Crippen molar-refractivity contribution in [2.24, 2.45) is 5.92 Å². The van der Waals surface area contributed by atoms with E-state index in [1.165, 1.54) is 4.31 Å². The molecule has 3 rings (SSSR count). The number of carboxylic acids is 1. The van der Waals surface area contributed by atoms with E-state index in [0.717, 1.165) is 17.7 Å². The Balaban J connectivity index is 2.07. The molecule has 0 aliphatic carbocycles. The maximum atomic E-state index is 13.6. The fraction of sp³-hybridized carbons (Fsp3) is 0.409. The summed E-state index contributed by atoms with van der Waals surface area (Å²) in [5, 5.41) is 10.3. The van der Waals surface area contributed by atoms with Crippen molar-refractivity contribution in [1.29, 1.82) is 0 Å². The van der Waals surface area contributed by atoms with Gasteiger partial charge in [0.05, 0.1) is 16.9 Å². The van der Waals surface area contributed by atoms with Crippen molar-refractivity contribution in [2.45, 2.75) is 42.9 Å². The lowest BCUT2D eigenvalue weighted by Gasteiger charge is -2.42. The van der Waals surface area contributed by atoms with Crippen LogP contribution in [0.2, 0.25) is 5.02 Å². The van der Waals surface area contributed by atoms with Crippen LogP contribution in [0.15, 0.2) is 53.4 Å². The van der Waals surface area contributed by atoms with Gasteiger partial charge in [-0.05, 0) is 54.8 Å². The fourth-order valence-corrected chi connectivity index (χ4v) is 7.15. The number of carbonyl (C=O) groups is 1. The number of hydrogen-bond acceptors (Lipinski definition) is 4. The lowest BCUT2D eigenvalue weighted by Crippen LogP contribution is -2.49. The van der Waals surface area contributed by atoms with E-state index in [1.54, 1.807) is 55.1 Å². The second-order valence-electron chi connectivity index (χ2n) is 7.50. The number of nitrogens with zero attached hydrogens (tertiary/aromatic N) is 1. The van der Waals surface area contributed by atoms with Crippen molar-refractivity contribution < 1.29 is 18.3 Å². The molecule has 30 heavy (non-hydrogen) atoms. The van der Waals surface area contributed by atoms with E-state index in [-0.39, 0.29) is 16.7 Å². The van der Waals surface area contributed by atoms with Gasteiger partial charge in [-0.3, -0.25) is 4.79 Å². The van der Waals surface area contributed by atoms with E-state index in [0.29, 0.717) is 17.0 Å². The summed E-state index contributed by atoms with van der Waals surface area (Å²) in [5.74, 6) is -0.876. The minimum absolute atomic E-state index is 0.0549. The van der Waals surface area contributed by atoms with E-state index in [4.69, 9.17) is 11.6 Å². The van der Waals surface area contributed by atoms with Gasteiger partial charge in [0, 0.05) is 16.8 Å². The maximum absolute atomic E-state index is 13.6. The van der Waals surface area contributed by atoms with Gasteiger partial charge in [0.25, 0.3) is 0 Å². The van der Waals surface area contributed by atoms with Crippen LogP contribution < -0.4 is 0 Å². The van der Waals surface area contributed by atoms with Crippen LogP contribution in [0.5, 0.6) is 0 Å². The molecule has 162 valence electrons. The quantitative estimate of drug-likeness (QED) is 0.620. The lowest BCUT2D eigenvalue weighted by molar-refractivity contribution is -0.143. The van der Waals surface area contributed by atoms with Crippen molar-refractivity contribution in [1.82, 2.24) is 4.31 Å². The Morgan fingerprint density at radius 2 is 1.87 bits per heavy atom. The van der Waals surface area contributed by atoms with E-state index in [9.17, 15) is 18.3 Å². The summed E-state index contributed by atoms with van der Waals surface area (Å²) in [7, 11) is -3.88. The molecular formula is C22H26ClNO4S2. The molecule has 1 aliphatic heterocycles. The molecule has 5 nitrogen and oxygen atoms in total. The Labute approximate surface area is 187 Å². The smallest absolute Gasteiger partial charge is 0.308 e. The molecule has 2 aromatic rings. The zero-order valence-electron chi connectivity index (χ0n) is 17.0. The number of halogens is 1. The number of benzene rings is 2. The molecule has 1 aliphatic rings. The number of sulfonamides is 1. The highest BCUT2D eigenvalue weighted by Crippen LogP contribution is 2.42. The maximum Gasteiger partial charge on any atom is 0.308 e. The average Bonchev–Trinajstić information content (AvgIpc) is 2.72. The Kier molecular flexibility index (Phi) is 7.50. The molecule has 1 fully saturated rings. The van der Waals surface area contributed by atoms with E-state index in [1.807, 2.05) is 12.1 Å². The van der Waals surface area contributed by atoms with E-state index < -0.39 is 28.0 Å². The number of thioether (sulfide) groups is 1. The normalized spacial score (nSPS) is 22.7. The third-order valence-electron chi connectivity index (χ3n) is 5.42. The highest BCUT2D eigenvalue weighted by atomic mass is 35.5. The Bertz CT molecular complexity index is 994. The number of rotatable bonds is 7. The zero-order chi connectivity index (χ0) is 21.9. The van der Waals surface area contributed by atoms with Crippen LogP contribution in [0.3, 0.4) is 0 Å². The van der Waals surface area contributed by atoms with Crippen LogP contribution in [0.4, 0.5) is 0 Å². The molecular weight excluding hydrogens is 442 g/mol.